The Labute approximate surface area is 124 Å². The van der Waals surface area contributed by atoms with Crippen LogP contribution in [0, 0.1) is 5.92 Å². The quantitative estimate of drug-likeness (QED) is 0.715. The summed E-state index contributed by atoms with van der Waals surface area (Å²) in [6.45, 7) is 8.63. The van der Waals surface area contributed by atoms with Gasteiger partial charge in [-0.25, -0.2) is 4.98 Å². The summed E-state index contributed by atoms with van der Waals surface area (Å²) >= 11 is 0. The highest BCUT2D eigenvalue weighted by Gasteiger charge is 2.15. The van der Waals surface area contributed by atoms with Crippen molar-refractivity contribution in [2.24, 2.45) is 5.92 Å². The van der Waals surface area contributed by atoms with Crippen LogP contribution in [0.2, 0.25) is 0 Å². The standard InChI is InChI=1S/C17H21N3O/c1-4-21-11-16-19-15-9-18-14-8-6-5-7-13(14)17(15)20(16)10-12(2)3/h5-9,12H,4,10-11H2,1-3H3. The van der Waals surface area contributed by atoms with E-state index in [1.807, 2.05) is 25.3 Å². The Morgan fingerprint density at radius 2 is 2.00 bits per heavy atom. The van der Waals surface area contributed by atoms with Crippen molar-refractivity contribution in [3.8, 4) is 0 Å². The number of fused-ring (bicyclic) bond motifs is 3. The van der Waals surface area contributed by atoms with Crippen molar-refractivity contribution >= 4 is 21.9 Å². The topological polar surface area (TPSA) is 39.9 Å². The number of rotatable bonds is 5. The first-order valence-corrected chi connectivity index (χ1v) is 7.51. The third-order valence-electron chi connectivity index (χ3n) is 3.54. The van der Waals surface area contributed by atoms with E-state index >= 15 is 0 Å². The molecule has 0 atom stereocenters. The van der Waals surface area contributed by atoms with Crippen molar-refractivity contribution in [3.63, 3.8) is 0 Å². The lowest BCUT2D eigenvalue weighted by molar-refractivity contribution is 0.125. The van der Waals surface area contributed by atoms with Crippen LogP contribution in [0.3, 0.4) is 0 Å². The van der Waals surface area contributed by atoms with E-state index in [0.29, 0.717) is 19.1 Å². The van der Waals surface area contributed by atoms with Gasteiger partial charge in [0.05, 0.1) is 17.2 Å². The molecule has 4 nitrogen and oxygen atoms in total. The second-order valence-electron chi connectivity index (χ2n) is 5.68. The normalized spacial score (nSPS) is 11.8. The summed E-state index contributed by atoms with van der Waals surface area (Å²) in [5, 5.41) is 1.16. The predicted molar refractivity (Wildman–Crippen MR) is 85.2 cm³/mol. The van der Waals surface area contributed by atoms with Crippen LogP contribution < -0.4 is 0 Å². The Morgan fingerprint density at radius 1 is 1.19 bits per heavy atom. The molecule has 0 amide bonds. The van der Waals surface area contributed by atoms with Crippen LogP contribution in [0.1, 0.15) is 26.6 Å². The molecular weight excluding hydrogens is 262 g/mol. The van der Waals surface area contributed by atoms with Gasteiger partial charge in [0.15, 0.2) is 0 Å². The van der Waals surface area contributed by atoms with Crippen LogP contribution in [-0.2, 0) is 17.9 Å². The molecule has 0 unspecified atom stereocenters. The van der Waals surface area contributed by atoms with Gasteiger partial charge in [0.1, 0.15) is 17.9 Å². The van der Waals surface area contributed by atoms with E-state index in [1.165, 1.54) is 5.52 Å². The predicted octanol–water partition coefficient (Wildman–Crippen LogP) is 3.78. The van der Waals surface area contributed by atoms with Crippen LogP contribution >= 0.6 is 0 Å². The molecule has 0 saturated heterocycles. The van der Waals surface area contributed by atoms with Crippen LogP contribution in [0.25, 0.3) is 21.9 Å². The van der Waals surface area contributed by atoms with Gasteiger partial charge in [0, 0.05) is 18.5 Å². The minimum atomic E-state index is 0.548. The van der Waals surface area contributed by atoms with E-state index < -0.39 is 0 Å². The minimum Gasteiger partial charge on any atom is -0.374 e. The SMILES string of the molecule is CCOCc1nc2cnc3ccccc3c2n1CC(C)C. The second-order valence-corrected chi connectivity index (χ2v) is 5.68. The van der Waals surface area contributed by atoms with Crippen molar-refractivity contribution in [2.75, 3.05) is 6.61 Å². The molecule has 2 heterocycles. The lowest BCUT2D eigenvalue weighted by atomic mass is 10.1. The Kier molecular flexibility index (Phi) is 3.88. The van der Waals surface area contributed by atoms with Crippen molar-refractivity contribution in [2.45, 2.75) is 33.9 Å². The fraction of sp³-hybridized carbons (Fsp3) is 0.412. The van der Waals surface area contributed by atoms with Crippen LogP contribution in [0.5, 0.6) is 0 Å². The number of para-hydroxylation sites is 1. The first-order valence-electron chi connectivity index (χ1n) is 7.51. The van der Waals surface area contributed by atoms with Crippen LogP contribution in [-0.4, -0.2) is 21.1 Å². The van der Waals surface area contributed by atoms with Gasteiger partial charge in [-0.05, 0) is 18.9 Å². The van der Waals surface area contributed by atoms with E-state index in [4.69, 9.17) is 9.72 Å². The Hall–Kier alpha value is -1.94. The monoisotopic (exact) mass is 283 g/mol. The fourth-order valence-corrected chi connectivity index (χ4v) is 2.68. The molecule has 0 N–H and O–H groups in total. The highest BCUT2D eigenvalue weighted by Crippen LogP contribution is 2.25. The number of nitrogens with zero attached hydrogens (tertiary/aromatic N) is 3. The van der Waals surface area contributed by atoms with E-state index in [0.717, 1.165) is 28.8 Å². The number of ether oxygens (including phenoxy) is 1. The molecule has 0 bridgehead atoms. The van der Waals surface area contributed by atoms with Crippen LogP contribution in [0.15, 0.2) is 30.5 Å². The van der Waals surface area contributed by atoms with Gasteiger partial charge in [-0.15, -0.1) is 0 Å². The van der Waals surface area contributed by atoms with Gasteiger partial charge >= 0.3 is 0 Å². The van der Waals surface area contributed by atoms with E-state index in [1.54, 1.807) is 0 Å². The molecule has 1 aromatic carbocycles. The number of hydrogen-bond donors (Lipinski definition) is 0. The summed E-state index contributed by atoms with van der Waals surface area (Å²) in [6, 6.07) is 8.24. The van der Waals surface area contributed by atoms with E-state index in [2.05, 4.69) is 35.5 Å². The molecule has 0 saturated carbocycles. The zero-order valence-corrected chi connectivity index (χ0v) is 12.8. The smallest absolute Gasteiger partial charge is 0.136 e. The lowest BCUT2D eigenvalue weighted by Gasteiger charge is -2.12. The largest absolute Gasteiger partial charge is 0.374 e. The van der Waals surface area contributed by atoms with Crippen molar-refractivity contribution < 1.29 is 4.74 Å². The van der Waals surface area contributed by atoms with Crippen molar-refractivity contribution in [1.29, 1.82) is 0 Å². The summed E-state index contributed by atoms with van der Waals surface area (Å²) < 4.78 is 7.87. The third-order valence-corrected chi connectivity index (χ3v) is 3.54. The number of imidazole rings is 1. The van der Waals surface area contributed by atoms with Gasteiger partial charge in [-0.1, -0.05) is 32.0 Å². The Morgan fingerprint density at radius 3 is 2.76 bits per heavy atom. The fourth-order valence-electron chi connectivity index (χ4n) is 2.68. The lowest BCUT2D eigenvalue weighted by Crippen LogP contribution is -2.10. The molecule has 0 spiro atoms. The Bertz CT molecular complexity index is 761. The van der Waals surface area contributed by atoms with Gasteiger partial charge < -0.3 is 9.30 Å². The molecule has 4 heteroatoms. The zero-order valence-electron chi connectivity index (χ0n) is 12.8. The van der Waals surface area contributed by atoms with Gasteiger partial charge in [-0.2, -0.15) is 0 Å². The Balaban J connectivity index is 2.25. The number of pyridine rings is 1. The molecule has 0 aliphatic carbocycles. The van der Waals surface area contributed by atoms with Gasteiger partial charge in [0.25, 0.3) is 0 Å². The first kappa shape index (κ1) is 14.0. The molecule has 2 aromatic heterocycles. The average molecular weight is 283 g/mol. The maximum atomic E-state index is 5.58. The van der Waals surface area contributed by atoms with E-state index in [-0.39, 0.29) is 0 Å². The zero-order chi connectivity index (χ0) is 14.8. The number of hydrogen-bond acceptors (Lipinski definition) is 3. The second kappa shape index (κ2) is 5.82. The average Bonchev–Trinajstić information content (AvgIpc) is 2.82. The molecule has 110 valence electrons. The van der Waals surface area contributed by atoms with Gasteiger partial charge in [0.2, 0.25) is 0 Å². The van der Waals surface area contributed by atoms with Crippen LogP contribution in [0.4, 0.5) is 0 Å². The maximum absolute atomic E-state index is 5.58. The highest BCUT2D eigenvalue weighted by atomic mass is 16.5. The molecular formula is C17H21N3O. The summed E-state index contributed by atoms with van der Waals surface area (Å²) in [7, 11) is 0. The molecule has 3 rings (SSSR count). The minimum absolute atomic E-state index is 0.548. The first-order chi connectivity index (χ1) is 10.2. The summed E-state index contributed by atoms with van der Waals surface area (Å²) in [4.78, 5) is 9.24. The summed E-state index contributed by atoms with van der Waals surface area (Å²) in [5.74, 6) is 1.54. The summed E-state index contributed by atoms with van der Waals surface area (Å²) in [6.07, 6.45) is 1.87. The molecule has 0 fully saturated rings. The molecule has 0 radical (unpaired) electrons. The van der Waals surface area contributed by atoms with Gasteiger partial charge in [-0.3, -0.25) is 4.98 Å². The molecule has 0 aliphatic heterocycles. The third kappa shape index (κ3) is 2.63. The summed E-state index contributed by atoms with van der Waals surface area (Å²) in [5.41, 5.74) is 3.13. The molecule has 0 aliphatic rings. The highest BCUT2D eigenvalue weighted by molar-refractivity contribution is 6.02. The van der Waals surface area contributed by atoms with Crippen molar-refractivity contribution in [1.82, 2.24) is 14.5 Å². The molecule has 3 aromatic rings. The number of benzene rings is 1. The number of aromatic nitrogens is 3. The van der Waals surface area contributed by atoms with E-state index in [9.17, 15) is 0 Å². The maximum Gasteiger partial charge on any atom is 0.136 e. The van der Waals surface area contributed by atoms with Crippen molar-refractivity contribution in [3.05, 3.63) is 36.3 Å². The molecule has 21 heavy (non-hydrogen) atoms.